The van der Waals surface area contributed by atoms with Crippen molar-refractivity contribution in [1.29, 1.82) is 0 Å². The topological polar surface area (TPSA) is 87.3 Å². The highest BCUT2D eigenvalue weighted by atomic mass is 16.5. The number of carbonyl (C=O) groups is 2. The Bertz CT molecular complexity index is 722. The molecule has 0 aliphatic carbocycles. The smallest absolute Gasteiger partial charge is 0.269 e. The number of ether oxygens (including phenoxy) is 1. The Hall–Kier alpha value is -2.83. The monoisotopic (exact) mass is 342 g/mol. The second-order valence-electron chi connectivity index (χ2n) is 6.13. The molecular formula is C18H22N4O3. The zero-order chi connectivity index (χ0) is 17.6. The lowest BCUT2D eigenvalue weighted by molar-refractivity contribution is -0.131. The van der Waals surface area contributed by atoms with Crippen LogP contribution in [0, 0.1) is 0 Å². The van der Waals surface area contributed by atoms with Gasteiger partial charge in [-0.2, -0.15) is 5.10 Å². The molecule has 2 aromatic rings. The predicted octanol–water partition coefficient (Wildman–Crippen LogP) is 1.38. The summed E-state index contributed by atoms with van der Waals surface area (Å²) in [4.78, 5) is 26.3. The summed E-state index contributed by atoms with van der Waals surface area (Å²) in [6.45, 7) is 1.30. The highest BCUT2D eigenvalue weighted by Crippen LogP contribution is 2.16. The number of benzene rings is 1. The molecule has 0 atom stereocenters. The Kier molecular flexibility index (Phi) is 5.33. The van der Waals surface area contributed by atoms with Crippen molar-refractivity contribution >= 4 is 11.8 Å². The highest BCUT2D eigenvalue weighted by Gasteiger charge is 2.24. The fraction of sp³-hybridized carbons (Fsp3) is 0.389. The van der Waals surface area contributed by atoms with E-state index in [2.05, 4.69) is 15.5 Å². The van der Waals surface area contributed by atoms with Crippen molar-refractivity contribution in [3.63, 3.8) is 0 Å². The number of aromatic nitrogens is 2. The van der Waals surface area contributed by atoms with E-state index in [1.807, 2.05) is 29.2 Å². The van der Waals surface area contributed by atoms with Crippen LogP contribution in [0.1, 0.15) is 28.9 Å². The van der Waals surface area contributed by atoms with Gasteiger partial charge in [0.25, 0.3) is 5.91 Å². The zero-order valence-corrected chi connectivity index (χ0v) is 14.2. The quantitative estimate of drug-likeness (QED) is 0.859. The van der Waals surface area contributed by atoms with Crippen molar-refractivity contribution in [1.82, 2.24) is 20.4 Å². The van der Waals surface area contributed by atoms with Gasteiger partial charge in [-0.3, -0.25) is 14.7 Å². The van der Waals surface area contributed by atoms with Crippen molar-refractivity contribution in [3.8, 4) is 5.75 Å². The molecule has 7 heteroatoms. The molecule has 132 valence electrons. The first-order chi connectivity index (χ1) is 12.2. The highest BCUT2D eigenvalue weighted by molar-refractivity contribution is 5.92. The van der Waals surface area contributed by atoms with Crippen LogP contribution in [-0.2, 0) is 11.2 Å². The van der Waals surface area contributed by atoms with Gasteiger partial charge in [0, 0.05) is 25.3 Å². The fourth-order valence-electron chi connectivity index (χ4n) is 2.99. The molecule has 1 aromatic carbocycles. The van der Waals surface area contributed by atoms with Gasteiger partial charge in [-0.25, -0.2) is 0 Å². The van der Waals surface area contributed by atoms with Crippen LogP contribution in [0.4, 0.5) is 0 Å². The molecule has 0 radical (unpaired) electrons. The normalized spacial score (nSPS) is 15.0. The van der Waals surface area contributed by atoms with E-state index in [0.29, 0.717) is 25.2 Å². The molecule has 1 aliphatic heterocycles. The molecule has 7 nitrogen and oxygen atoms in total. The molecular weight excluding hydrogens is 320 g/mol. The molecule has 2 amide bonds. The van der Waals surface area contributed by atoms with Crippen LogP contribution < -0.4 is 10.1 Å². The standard InChI is InChI=1S/C18H22N4O3/c1-25-15-4-2-3-13(11-15)12-17(23)22-9-6-14(7-10-22)20-18(24)16-5-8-19-21-16/h2-5,8,11,14H,6-7,9-10,12H2,1H3,(H,19,21)(H,20,24). The molecule has 1 saturated heterocycles. The lowest BCUT2D eigenvalue weighted by atomic mass is 10.0. The van der Waals surface area contributed by atoms with Crippen molar-refractivity contribution in [2.24, 2.45) is 0 Å². The first-order valence-corrected chi connectivity index (χ1v) is 8.36. The summed E-state index contributed by atoms with van der Waals surface area (Å²) in [5.74, 6) is 0.704. The average Bonchev–Trinajstić information content (AvgIpc) is 3.17. The largest absolute Gasteiger partial charge is 0.497 e. The lowest BCUT2D eigenvalue weighted by Crippen LogP contribution is -2.47. The van der Waals surface area contributed by atoms with Gasteiger partial charge in [0.2, 0.25) is 5.91 Å². The van der Waals surface area contributed by atoms with E-state index in [1.54, 1.807) is 19.4 Å². The minimum atomic E-state index is -0.154. The number of carbonyl (C=O) groups excluding carboxylic acids is 2. The minimum Gasteiger partial charge on any atom is -0.497 e. The first-order valence-electron chi connectivity index (χ1n) is 8.36. The van der Waals surface area contributed by atoms with E-state index in [9.17, 15) is 9.59 Å². The summed E-state index contributed by atoms with van der Waals surface area (Å²) in [5.41, 5.74) is 1.40. The number of nitrogens with zero attached hydrogens (tertiary/aromatic N) is 2. The first kappa shape index (κ1) is 17.0. The lowest BCUT2D eigenvalue weighted by Gasteiger charge is -2.32. The summed E-state index contributed by atoms with van der Waals surface area (Å²) >= 11 is 0. The van der Waals surface area contributed by atoms with E-state index in [4.69, 9.17) is 4.74 Å². The molecule has 0 saturated carbocycles. The number of hydrogen-bond acceptors (Lipinski definition) is 4. The van der Waals surface area contributed by atoms with Crippen LogP contribution in [0.3, 0.4) is 0 Å². The molecule has 0 spiro atoms. The molecule has 1 fully saturated rings. The Morgan fingerprint density at radius 2 is 2.12 bits per heavy atom. The molecule has 2 heterocycles. The van der Waals surface area contributed by atoms with Crippen LogP contribution in [0.2, 0.25) is 0 Å². The number of amides is 2. The third kappa shape index (κ3) is 4.37. The van der Waals surface area contributed by atoms with Gasteiger partial charge in [-0.1, -0.05) is 12.1 Å². The molecule has 3 rings (SSSR count). The van der Waals surface area contributed by atoms with Crippen LogP contribution in [0.15, 0.2) is 36.5 Å². The molecule has 0 unspecified atom stereocenters. The molecule has 1 aliphatic rings. The minimum absolute atomic E-state index is 0.0802. The summed E-state index contributed by atoms with van der Waals surface area (Å²) < 4.78 is 5.19. The number of rotatable bonds is 5. The summed E-state index contributed by atoms with van der Waals surface area (Å²) in [6, 6.07) is 9.28. The van der Waals surface area contributed by atoms with E-state index < -0.39 is 0 Å². The van der Waals surface area contributed by atoms with Gasteiger partial charge in [0.05, 0.1) is 13.5 Å². The molecule has 2 N–H and O–H groups in total. The van der Waals surface area contributed by atoms with Crippen molar-refractivity contribution in [2.45, 2.75) is 25.3 Å². The molecule has 25 heavy (non-hydrogen) atoms. The Balaban J connectivity index is 1.48. The number of likely N-dealkylation sites (tertiary alicyclic amines) is 1. The number of H-pyrrole nitrogens is 1. The summed E-state index contributed by atoms with van der Waals surface area (Å²) in [6.07, 6.45) is 3.42. The van der Waals surface area contributed by atoms with E-state index in [0.717, 1.165) is 24.2 Å². The predicted molar refractivity (Wildman–Crippen MR) is 92.4 cm³/mol. The number of methoxy groups -OCH3 is 1. The molecule has 0 bridgehead atoms. The number of nitrogens with one attached hydrogen (secondary N) is 2. The second kappa shape index (κ2) is 7.83. The Morgan fingerprint density at radius 3 is 2.80 bits per heavy atom. The average molecular weight is 342 g/mol. The van der Waals surface area contributed by atoms with Gasteiger partial charge in [-0.05, 0) is 36.6 Å². The van der Waals surface area contributed by atoms with Crippen molar-refractivity contribution < 1.29 is 14.3 Å². The number of aromatic amines is 1. The second-order valence-corrected chi connectivity index (χ2v) is 6.13. The SMILES string of the molecule is COc1cccc(CC(=O)N2CCC(NC(=O)c3ccn[nH]3)CC2)c1. The third-order valence-electron chi connectivity index (χ3n) is 4.42. The fourth-order valence-corrected chi connectivity index (χ4v) is 2.99. The molecule has 1 aromatic heterocycles. The maximum Gasteiger partial charge on any atom is 0.269 e. The zero-order valence-electron chi connectivity index (χ0n) is 14.2. The van der Waals surface area contributed by atoms with Crippen molar-refractivity contribution in [2.75, 3.05) is 20.2 Å². The Labute approximate surface area is 146 Å². The maximum absolute atomic E-state index is 12.5. The van der Waals surface area contributed by atoms with Crippen LogP contribution in [-0.4, -0.2) is 53.2 Å². The van der Waals surface area contributed by atoms with Gasteiger partial charge < -0.3 is 15.0 Å². The van der Waals surface area contributed by atoms with E-state index in [1.165, 1.54) is 0 Å². The maximum atomic E-state index is 12.5. The Morgan fingerprint density at radius 1 is 1.32 bits per heavy atom. The number of piperidine rings is 1. The van der Waals surface area contributed by atoms with Crippen molar-refractivity contribution in [3.05, 3.63) is 47.8 Å². The van der Waals surface area contributed by atoms with Crippen LogP contribution >= 0.6 is 0 Å². The third-order valence-corrected chi connectivity index (χ3v) is 4.42. The van der Waals surface area contributed by atoms with Crippen LogP contribution in [0.25, 0.3) is 0 Å². The van der Waals surface area contributed by atoms with Crippen LogP contribution in [0.5, 0.6) is 5.75 Å². The van der Waals surface area contributed by atoms with E-state index in [-0.39, 0.29) is 17.9 Å². The number of hydrogen-bond donors (Lipinski definition) is 2. The van der Waals surface area contributed by atoms with Gasteiger partial charge in [0.1, 0.15) is 11.4 Å². The summed E-state index contributed by atoms with van der Waals surface area (Å²) in [5, 5.41) is 9.41. The van der Waals surface area contributed by atoms with E-state index >= 15 is 0 Å². The summed E-state index contributed by atoms with van der Waals surface area (Å²) in [7, 11) is 1.61. The van der Waals surface area contributed by atoms with Gasteiger partial charge in [0.15, 0.2) is 0 Å². The van der Waals surface area contributed by atoms with Gasteiger partial charge >= 0.3 is 0 Å². The van der Waals surface area contributed by atoms with Gasteiger partial charge in [-0.15, -0.1) is 0 Å².